The molecular formula is C17H17N3S. The Morgan fingerprint density at radius 1 is 1.05 bits per heavy atom. The summed E-state index contributed by atoms with van der Waals surface area (Å²) in [4.78, 5) is 3.23. The number of para-hydroxylation sites is 1. The van der Waals surface area contributed by atoms with Gasteiger partial charge in [-0.25, -0.2) is 0 Å². The standard InChI is InChI=1S/C17H17N3S/c21-17(20-15-4-2-1-3-5-15)19-10-8-13-6-7-14-9-11-18-16(14)12-13/h1-7,9,11-12,18H,8,10H2,(H2,19,20,21). The first kappa shape index (κ1) is 13.6. The van der Waals surface area contributed by atoms with Crippen molar-refractivity contribution in [3.05, 3.63) is 66.4 Å². The molecule has 0 bridgehead atoms. The van der Waals surface area contributed by atoms with Crippen LogP contribution in [-0.2, 0) is 6.42 Å². The molecule has 1 heterocycles. The lowest BCUT2D eigenvalue weighted by Gasteiger charge is -2.10. The van der Waals surface area contributed by atoms with E-state index in [0.717, 1.165) is 18.7 Å². The van der Waals surface area contributed by atoms with Crippen molar-refractivity contribution < 1.29 is 0 Å². The Morgan fingerprint density at radius 2 is 1.90 bits per heavy atom. The molecule has 3 aromatic rings. The molecule has 4 heteroatoms. The Kier molecular flexibility index (Phi) is 4.17. The number of thiocarbonyl (C=S) groups is 1. The molecule has 1 aromatic heterocycles. The van der Waals surface area contributed by atoms with Crippen LogP contribution in [-0.4, -0.2) is 16.6 Å². The number of hydrogen-bond acceptors (Lipinski definition) is 1. The molecule has 0 radical (unpaired) electrons. The van der Waals surface area contributed by atoms with Gasteiger partial charge in [0.1, 0.15) is 0 Å². The largest absolute Gasteiger partial charge is 0.362 e. The fraction of sp³-hybridized carbons (Fsp3) is 0.118. The summed E-state index contributed by atoms with van der Waals surface area (Å²) in [5.41, 5.74) is 3.47. The highest BCUT2D eigenvalue weighted by Gasteiger charge is 1.99. The second-order valence-corrected chi connectivity index (χ2v) is 5.30. The highest BCUT2D eigenvalue weighted by atomic mass is 32.1. The predicted octanol–water partition coefficient (Wildman–Crippen LogP) is 3.70. The number of rotatable bonds is 4. The van der Waals surface area contributed by atoms with Crippen molar-refractivity contribution in [2.75, 3.05) is 11.9 Å². The summed E-state index contributed by atoms with van der Waals surface area (Å²) in [5.74, 6) is 0. The van der Waals surface area contributed by atoms with E-state index >= 15 is 0 Å². The van der Waals surface area contributed by atoms with Gasteiger partial charge in [0, 0.05) is 23.9 Å². The van der Waals surface area contributed by atoms with Gasteiger partial charge in [-0.1, -0.05) is 30.3 Å². The molecule has 3 N–H and O–H groups in total. The minimum atomic E-state index is 0.655. The zero-order valence-corrected chi connectivity index (χ0v) is 12.4. The maximum atomic E-state index is 5.29. The summed E-state index contributed by atoms with van der Waals surface area (Å²) < 4.78 is 0. The SMILES string of the molecule is S=C(NCCc1ccc2cc[nH]c2c1)Nc1ccccc1. The van der Waals surface area contributed by atoms with Crippen molar-refractivity contribution in [1.29, 1.82) is 0 Å². The van der Waals surface area contributed by atoms with Crippen LogP contribution in [0.15, 0.2) is 60.8 Å². The van der Waals surface area contributed by atoms with Gasteiger partial charge in [-0.15, -0.1) is 0 Å². The fourth-order valence-corrected chi connectivity index (χ4v) is 2.49. The number of aromatic amines is 1. The summed E-state index contributed by atoms with van der Waals surface area (Å²) >= 11 is 5.29. The number of H-pyrrole nitrogens is 1. The molecule has 3 nitrogen and oxygen atoms in total. The number of fused-ring (bicyclic) bond motifs is 1. The van der Waals surface area contributed by atoms with E-state index in [9.17, 15) is 0 Å². The number of anilines is 1. The van der Waals surface area contributed by atoms with Gasteiger partial charge in [-0.3, -0.25) is 0 Å². The van der Waals surface area contributed by atoms with Gasteiger partial charge in [-0.2, -0.15) is 0 Å². The van der Waals surface area contributed by atoms with Gasteiger partial charge in [0.25, 0.3) is 0 Å². The monoisotopic (exact) mass is 295 g/mol. The van der Waals surface area contributed by atoms with Gasteiger partial charge in [0.15, 0.2) is 5.11 Å². The Balaban J connectivity index is 1.50. The molecule has 0 aliphatic heterocycles. The Morgan fingerprint density at radius 3 is 2.76 bits per heavy atom. The number of benzene rings is 2. The molecule has 0 unspecified atom stereocenters. The minimum Gasteiger partial charge on any atom is -0.362 e. The molecule has 0 saturated heterocycles. The Bertz CT molecular complexity index is 734. The van der Waals surface area contributed by atoms with Gasteiger partial charge < -0.3 is 15.6 Å². The van der Waals surface area contributed by atoms with Crippen LogP contribution in [0.25, 0.3) is 10.9 Å². The summed E-state index contributed by atoms with van der Waals surface area (Å²) in [6, 6.07) is 18.5. The van der Waals surface area contributed by atoms with Crippen molar-refractivity contribution in [1.82, 2.24) is 10.3 Å². The average molecular weight is 295 g/mol. The van der Waals surface area contributed by atoms with Crippen LogP contribution in [0.1, 0.15) is 5.56 Å². The number of nitrogens with one attached hydrogen (secondary N) is 3. The van der Waals surface area contributed by atoms with E-state index in [0.29, 0.717) is 5.11 Å². The maximum Gasteiger partial charge on any atom is 0.170 e. The van der Waals surface area contributed by atoms with Crippen LogP contribution in [0.5, 0.6) is 0 Å². The lowest BCUT2D eigenvalue weighted by molar-refractivity contribution is 0.874. The summed E-state index contributed by atoms with van der Waals surface area (Å²) in [5, 5.41) is 8.30. The van der Waals surface area contributed by atoms with E-state index in [4.69, 9.17) is 12.2 Å². The molecule has 0 spiro atoms. The average Bonchev–Trinajstić information content (AvgIpc) is 2.96. The molecule has 106 valence electrons. The van der Waals surface area contributed by atoms with Crippen LogP contribution in [0.4, 0.5) is 5.69 Å². The van der Waals surface area contributed by atoms with Crippen LogP contribution in [0.2, 0.25) is 0 Å². The minimum absolute atomic E-state index is 0.655. The molecular weight excluding hydrogens is 278 g/mol. The quantitative estimate of drug-likeness (QED) is 0.643. The second kappa shape index (κ2) is 6.41. The molecule has 0 saturated carbocycles. The molecule has 0 aliphatic rings. The molecule has 0 amide bonds. The van der Waals surface area contributed by atoms with E-state index in [1.165, 1.54) is 16.5 Å². The summed E-state index contributed by atoms with van der Waals surface area (Å²) in [7, 11) is 0. The third kappa shape index (κ3) is 3.61. The van der Waals surface area contributed by atoms with Crippen molar-refractivity contribution in [2.45, 2.75) is 6.42 Å². The third-order valence-electron chi connectivity index (χ3n) is 3.35. The van der Waals surface area contributed by atoms with Gasteiger partial charge in [-0.05, 0) is 53.9 Å². The first-order chi connectivity index (χ1) is 10.3. The van der Waals surface area contributed by atoms with Crippen molar-refractivity contribution in [2.24, 2.45) is 0 Å². The van der Waals surface area contributed by atoms with E-state index in [1.54, 1.807) is 0 Å². The van der Waals surface area contributed by atoms with Crippen LogP contribution < -0.4 is 10.6 Å². The zero-order valence-electron chi connectivity index (χ0n) is 11.6. The van der Waals surface area contributed by atoms with E-state index < -0.39 is 0 Å². The normalized spacial score (nSPS) is 10.5. The predicted molar refractivity (Wildman–Crippen MR) is 92.7 cm³/mol. The van der Waals surface area contributed by atoms with Crippen LogP contribution >= 0.6 is 12.2 Å². The highest BCUT2D eigenvalue weighted by molar-refractivity contribution is 7.80. The molecule has 0 fully saturated rings. The third-order valence-corrected chi connectivity index (χ3v) is 3.60. The van der Waals surface area contributed by atoms with E-state index in [2.05, 4.69) is 39.9 Å². The molecule has 3 rings (SSSR count). The highest BCUT2D eigenvalue weighted by Crippen LogP contribution is 2.14. The molecule has 0 aliphatic carbocycles. The Labute approximate surface area is 129 Å². The van der Waals surface area contributed by atoms with Gasteiger partial charge >= 0.3 is 0 Å². The van der Waals surface area contributed by atoms with Crippen molar-refractivity contribution in [3.8, 4) is 0 Å². The van der Waals surface area contributed by atoms with Crippen LogP contribution in [0.3, 0.4) is 0 Å². The van der Waals surface area contributed by atoms with Crippen LogP contribution in [0, 0.1) is 0 Å². The number of hydrogen-bond donors (Lipinski definition) is 3. The van der Waals surface area contributed by atoms with Crippen molar-refractivity contribution in [3.63, 3.8) is 0 Å². The topological polar surface area (TPSA) is 39.9 Å². The van der Waals surface area contributed by atoms with E-state index in [-0.39, 0.29) is 0 Å². The first-order valence-electron chi connectivity index (χ1n) is 6.97. The van der Waals surface area contributed by atoms with Crippen molar-refractivity contribution >= 4 is 33.9 Å². The van der Waals surface area contributed by atoms with Gasteiger partial charge in [0.2, 0.25) is 0 Å². The molecule has 0 atom stereocenters. The first-order valence-corrected chi connectivity index (χ1v) is 7.38. The summed E-state index contributed by atoms with van der Waals surface area (Å²) in [6.45, 7) is 0.810. The number of aromatic nitrogens is 1. The maximum absolute atomic E-state index is 5.29. The molecule has 21 heavy (non-hydrogen) atoms. The smallest absolute Gasteiger partial charge is 0.170 e. The lowest BCUT2D eigenvalue weighted by Crippen LogP contribution is -2.30. The van der Waals surface area contributed by atoms with Gasteiger partial charge in [0.05, 0.1) is 0 Å². The second-order valence-electron chi connectivity index (χ2n) is 4.90. The summed E-state index contributed by atoms with van der Waals surface area (Å²) in [6.07, 6.45) is 2.90. The lowest BCUT2D eigenvalue weighted by atomic mass is 10.1. The zero-order chi connectivity index (χ0) is 14.5. The molecule has 2 aromatic carbocycles. The van der Waals surface area contributed by atoms with E-state index in [1.807, 2.05) is 36.5 Å². The fourth-order valence-electron chi connectivity index (χ4n) is 2.27. The Hall–Kier alpha value is -2.33.